The molecular weight excluding hydrogens is 186 g/mol. The Hall–Kier alpha value is -0.860. The average Bonchev–Trinajstić information content (AvgIpc) is 3.11. The van der Waals surface area contributed by atoms with Gasteiger partial charge in [0, 0.05) is 6.04 Å². The van der Waals surface area contributed by atoms with E-state index in [1.54, 1.807) is 0 Å². The Balaban J connectivity index is 1.64. The van der Waals surface area contributed by atoms with Crippen LogP contribution in [0.5, 0.6) is 0 Å². The molecule has 0 aromatic heterocycles. The molecule has 0 radical (unpaired) electrons. The van der Waals surface area contributed by atoms with Crippen molar-refractivity contribution in [3.8, 4) is 0 Å². The van der Waals surface area contributed by atoms with Crippen LogP contribution in [0.25, 0.3) is 0 Å². The molecule has 2 heteroatoms. The minimum absolute atomic E-state index is 0.245. The lowest BCUT2D eigenvalue weighted by atomic mass is 9.95. The van der Waals surface area contributed by atoms with Crippen LogP contribution in [-0.4, -0.2) is 11.1 Å². The molecule has 1 aromatic carbocycles. The maximum absolute atomic E-state index is 5.68. The Morgan fingerprint density at radius 1 is 1.00 bits per heavy atom. The van der Waals surface area contributed by atoms with Crippen molar-refractivity contribution >= 4 is 0 Å². The smallest absolute Gasteiger partial charge is 0.180 e. The van der Waals surface area contributed by atoms with E-state index in [9.17, 15) is 0 Å². The van der Waals surface area contributed by atoms with Crippen LogP contribution >= 0.6 is 0 Å². The van der Waals surface area contributed by atoms with Crippen LogP contribution in [0, 0.1) is 0 Å². The van der Waals surface area contributed by atoms with Crippen molar-refractivity contribution < 1.29 is 4.84 Å². The molecule has 0 N–H and O–H groups in total. The first-order valence-corrected chi connectivity index (χ1v) is 5.95. The number of hydrogen-bond acceptors (Lipinski definition) is 2. The largest absolute Gasteiger partial charge is 0.270 e. The van der Waals surface area contributed by atoms with Crippen LogP contribution in [-0.2, 0) is 4.84 Å². The summed E-state index contributed by atoms with van der Waals surface area (Å²) in [5.41, 5.74) is 1.29. The molecule has 15 heavy (non-hydrogen) atoms. The molecule has 0 spiro atoms. The predicted molar refractivity (Wildman–Crippen MR) is 59.0 cm³/mol. The molecule has 1 saturated carbocycles. The maximum Gasteiger partial charge on any atom is 0.180 e. The van der Waals surface area contributed by atoms with E-state index in [2.05, 4.69) is 35.4 Å². The van der Waals surface area contributed by atoms with E-state index < -0.39 is 0 Å². The van der Waals surface area contributed by atoms with Crippen molar-refractivity contribution in [3.63, 3.8) is 0 Å². The zero-order valence-electron chi connectivity index (χ0n) is 8.93. The molecule has 80 valence electrons. The molecule has 1 saturated heterocycles. The molecule has 2 unspecified atom stereocenters. The molecule has 0 bridgehead atoms. The number of rotatable bonds is 2. The zero-order valence-corrected chi connectivity index (χ0v) is 8.93. The zero-order chi connectivity index (χ0) is 10.1. The van der Waals surface area contributed by atoms with Gasteiger partial charge in [-0.15, -0.1) is 5.06 Å². The third-order valence-corrected chi connectivity index (χ3v) is 3.43. The summed E-state index contributed by atoms with van der Waals surface area (Å²) < 4.78 is 0. The van der Waals surface area contributed by atoms with Crippen LogP contribution in [0.4, 0.5) is 0 Å². The van der Waals surface area contributed by atoms with Gasteiger partial charge in [0.2, 0.25) is 0 Å². The molecule has 1 aliphatic heterocycles. The lowest BCUT2D eigenvalue weighted by molar-refractivity contribution is 0.119. The van der Waals surface area contributed by atoms with E-state index in [1.165, 1.54) is 37.7 Å². The number of benzene rings is 1. The molecule has 2 aliphatic rings. The molecule has 2 nitrogen and oxygen atoms in total. The summed E-state index contributed by atoms with van der Waals surface area (Å²) in [4.78, 5) is 5.68. The predicted octanol–water partition coefficient (Wildman–Crippen LogP) is 3.27. The van der Waals surface area contributed by atoms with Crippen LogP contribution in [0.2, 0.25) is 0 Å². The highest BCUT2D eigenvalue weighted by Crippen LogP contribution is 2.42. The molecule has 0 amide bonds. The van der Waals surface area contributed by atoms with Gasteiger partial charge in [-0.2, -0.15) is 0 Å². The Bertz CT molecular complexity index is 319. The van der Waals surface area contributed by atoms with Crippen molar-refractivity contribution in [3.05, 3.63) is 35.9 Å². The van der Waals surface area contributed by atoms with E-state index in [1.807, 2.05) is 0 Å². The fourth-order valence-corrected chi connectivity index (χ4v) is 2.53. The van der Waals surface area contributed by atoms with Crippen LogP contribution in [0.15, 0.2) is 30.3 Å². The minimum atomic E-state index is 0.245. The fourth-order valence-electron chi connectivity index (χ4n) is 2.53. The Morgan fingerprint density at radius 2 is 1.73 bits per heavy atom. The second kappa shape index (κ2) is 3.95. The summed E-state index contributed by atoms with van der Waals surface area (Å²) >= 11 is 0. The first kappa shape index (κ1) is 9.37. The highest BCUT2D eigenvalue weighted by molar-refractivity contribution is 5.19. The van der Waals surface area contributed by atoms with E-state index in [0.29, 0.717) is 6.04 Å². The highest BCUT2D eigenvalue weighted by Gasteiger charge is 2.43. The molecule has 1 aromatic rings. The van der Waals surface area contributed by atoms with Crippen LogP contribution < -0.4 is 0 Å². The second-order valence-corrected chi connectivity index (χ2v) is 4.52. The monoisotopic (exact) mass is 203 g/mol. The normalized spacial score (nSPS) is 31.5. The van der Waals surface area contributed by atoms with Gasteiger partial charge < -0.3 is 0 Å². The van der Waals surface area contributed by atoms with Gasteiger partial charge in [0.25, 0.3) is 0 Å². The van der Waals surface area contributed by atoms with Crippen molar-refractivity contribution in [1.82, 2.24) is 5.06 Å². The maximum atomic E-state index is 5.68. The van der Waals surface area contributed by atoms with E-state index in [0.717, 1.165) is 0 Å². The molecule has 2 fully saturated rings. The number of hydrogen-bond donors (Lipinski definition) is 0. The summed E-state index contributed by atoms with van der Waals surface area (Å²) in [6.45, 7) is 0. The highest BCUT2D eigenvalue weighted by atomic mass is 16.8. The quantitative estimate of drug-likeness (QED) is 0.685. The summed E-state index contributed by atoms with van der Waals surface area (Å²) in [7, 11) is 0. The summed E-state index contributed by atoms with van der Waals surface area (Å²) in [5, 5.41) is 2.19. The standard InChI is InChI=1S/C13H17NO/c1-3-7-11(8-4-1)13-14(15-13)12-9-5-2-6-10-12/h1,3-4,7-8,12-13H,2,5-6,9-10H2. The SMILES string of the molecule is c1ccc(C2ON2C2CCCCC2)cc1. The average molecular weight is 203 g/mol. The van der Waals surface area contributed by atoms with Crippen molar-refractivity contribution in [1.29, 1.82) is 0 Å². The van der Waals surface area contributed by atoms with Crippen LogP contribution in [0.1, 0.15) is 43.9 Å². The summed E-state index contributed by atoms with van der Waals surface area (Å²) in [6, 6.07) is 11.2. The molecule has 1 aliphatic carbocycles. The first-order chi connectivity index (χ1) is 7.45. The molecule has 1 heterocycles. The van der Waals surface area contributed by atoms with Gasteiger partial charge in [-0.25, -0.2) is 0 Å². The van der Waals surface area contributed by atoms with Crippen molar-refractivity contribution in [2.24, 2.45) is 0 Å². The summed E-state index contributed by atoms with van der Waals surface area (Å²) in [5.74, 6) is 0. The van der Waals surface area contributed by atoms with Crippen molar-refractivity contribution in [2.45, 2.75) is 44.4 Å². The minimum Gasteiger partial charge on any atom is -0.270 e. The van der Waals surface area contributed by atoms with Gasteiger partial charge >= 0.3 is 0 Å². The number of nitrogens with zero attached hydrogens (tertiary/aromatic N) is 1. The van der Waals surface area contributed by atoms with Gasteiger partial charge in [-0.1, -0.05) is 49.6 Å². The van der Waals surface area contributed by atoms with Crippen LogP contribution in [0.3, 0.4) is 0 Å². The molecule has 3 rings (SSSR count). The lowest BCUT2D eigenvalue weighted by Gasteiger charge is -2.20. The second-order valence-electron chi connectivity index (χ2n) is 4.52. The van der Waals surface area contributed by atoms with Gasteiger partial charge in [0.15, 0.2) is 6.23 Å². The third-order valence-electron chi connectivity index (χ3n) is 3.43. The first-order valence-electron chi connectivity index (χ1n) is 5.95. The topological polar surface area (TPSA) is 15.5 Å². The lowest BCUT2D eigenvalue weighted by Crippen LogP contribution is -2.21. The Labute approximate surface area is 90.8 Å². The van der Waals surface area contributed by atoms with Gasteiger partial charge in [-0.05, 0) is 18.4 Å². The summed E-state index contributed by atoms with van der Waals surface area (Å²) in [6.07, 6.45) is 7.00. The number of hydroxylamine groups is 2. The Kier molecular flexibility index (Phi) is 2.47. The van der Waals surface area contributed by atoms with Crippen molar-refractivity contribution in [2.75, 3.05) is 0 Å². The van der Waals surface area contributed by atoms with E-state index >= 15 is 0 Å². The third kappa shape index (κ3) is 1.92. The fraction of sp³-hybridized carbons (Fsp3) is 0.538. The Morgan fingerprint density at radius 3 is 2.47 bits per heavy atom. The van der Waals surface area contributed by atoms with E-state index in [4.69, 9.17) is 4.84 Å². The van der Waals surface area contributed by atoms with E-state index in [-0.39, 0.29) is 6.23 Å². The van der Waals surface area contributed by atoms with Gasteiger partial charge in [0.1, 0.15) is 0 Å². The van der Waals surface area contributed by atoms with Gasteiger partial charge in [0.05, 0.1) is 0 Å². The molecule has 2 atom stereocenters. The molecular formula is C13H17NO. The van der Waals surface area contributed by atoms with Gasteiger partial charge in [-0.3, -0.25) is 4.84 Å².